The lowest BCUT2D eigenvalue weighted by molar-refractivity contribution is 0.411. The molecule has 190 valence electrons. The number of allylic oxidation sites excluding steroid dienone is 3. The number of ether oxygens (including phenoxy) is 1. The summed E-state index contributed by atoms with van der Waals surface area (Å²) in [5.41, 5.74) is 1.13. The van der Waals surface area contributed by atoms with Crippen LogP contribution in [-0.2, 0) is 0 Å². The van der Waals surface area contributed by atoms with E-state index >= 15 is 0 Å². The SMILES string of the molecule is CCC1=C(P(c2ccccc2)c2ccccc2)C=Cc2cccc(P(c3ccccc3)c3ccccc3)c2O1. The molecular formula is C36H30OP2. The molecule has 0 atom stereocenters. The minimum absolute atomic E-state index is 0.773. The van der Waals surface area contributed by atoms with Crippen molar-refractivity contribution in [3.63, 3.8) is 0 Å². The van der Waals surface area contributed by atoms with Crippen LogP contribution >= 0.6 is 15.8 Å². The van der Waals surface area contributed by atoms with Gasteiger partial charge in [0, 0.05) is 22.6 Å². The first-order valence-electron chi connectivity index (χ1n) is 13.4. The molecule has 1 nitrogen and oxygen atoms in total. The zero-order chi connectivity index (χ0) is 26.4. The fourth-order valence-electron chi connectivity index (χ4n) is 5.01. The Morgan fingerprint density at radius 1 is 0.487 bits per heavy atom. The van der Waals surface area contributed by atoms with Gasteiger partial charge in [-0.15, -0.1) is 0 Å². The molecule has 1 heterocycles. The highest BCUT2D eigenvalue weighted by molar-refractivity contribution is 7.80. The number of para-hydroxylation sites is 1. The summed E-state index contributed by atoms with van der Waals surface area (Å²) in [6, 6.07) is 50.1. The van der Waals surface area contributed by atoms with E-state index in [0.717, 1.165) is 23.5 Å². The van der Waals surface area contributed by atoms with Crippen molar-refractivity contribution in [1.29, 1.82) is 0 Å². The second kappa shape index (κ2) is 12.0. The minimum Gasteiger partial charge on any atom is -0.460 e. The zero-order valence-electron chi connectivity index (χ0n) is 21.9. The van der Waals surface area contributed by atoms with E-state index in [1.165, 1.54) is 31.8 Å². The lowest BCUT2D eigenvalue weighted by Crippen LogP contribution is -2.22. The van der Waals surface area contributed by atoms with Crippen LogP contribution in [0.25, 0.3) is 6.08 Å². The molecule has 1 aliphatic heterocycles. The van der Waals surface area contributed by atoms with Gasteiger partial charge in [0.05, 0.1) is 0 Å². The molecule has 0 saturated heterocycles. The zero-order valence-corrected chi connectivity index (χ0v) is 23.7. The van der Waals surface area contributed by atoms with Crippen LogP contribution in [0.1, 0.15) is 18.9 Å². The van der Waals surface area contributed by atoms with Crippen LogP contribution in [0.3, 0.4) is 0 Å². The average molecular weight is 541 g/mol. The van der Waals surface area contributed by atoms with Gasteiger partial charge >= 0.3 is 0 Å². The molecule has 0 aliphatic carbocycles. The van der Waals surface area contributed by atoms with Gasteiger partial charge < -0.3 is 4.74 Å². The Bertz CT molecular complexity index is 1520. The number of rotatable bonds is 7. The van der Waals surface area contributed by atoms with Crippen molar-refractivity contribution in [3.8, 4) is 5.75 Å². The molecule has 0 saturated carbocycles. The molecule has 39 heavy (non-hydrogen) atoms. The van der Waals surface area contributed by atoms with Crippen molar-refractivity contribution in [3.05, 3.63) is 162 Å². The van der Waals surface area contributed by atoms with Crippen molar-refractivity contribution >= 4 is 48.4 Å². The third-order valence-electron chi connectivity index (χ3n) is 6.82. The predicted molar refractivity (Wildman–Crippen MR) is 171 cm³/mol. The van der Waals surface area contributed by atoms with Crippen molar-refractivity contribution in [1.82, 2.24) is 0 Å². The molecule has 0 bridgehead atoms. The first-order valence-corrected chi connectivity index (χ1v) is 16.0. The molecular weight excluding hydrogens is 510 g/mol. The summed E-state index contributed by atoms with van der Waals surface area (Å²) in [6.07, 6.45) is 5.40. The molecule has 0 radical (unpaired) electrons. The van der Waals surface area contributed by atoms with Crippen LogP contribution in [0, 0.1) is 0 Å². The molecule has 5 aromatic carbocycles. The maximum absolute atomic E-state index is 7.05. The van der Waals surface area contributed by atoms with E-state index < -0.39 is 15.8 Å². The topological polar surface area (TPSA) is 9.23 Å². The number of hydrogen-bond donors (Lipinski definition) is 0. The van der Waals surface area contributed by atoms with Crippen LogP contribution in [0.2, 0.25) is 0 Å². The van der Waals surface area contributed by atoms with E-state index in [2.05, 4.69) is 159 Å². The monoisotopic (exact) mass is 540 g/mol. The van der Waals surface area contributed by atoms with E-state index in [1.807, 2.05) is 0 Å². The smallest absolute Gasteiger partial charge is 0.142 e. The third kappa shape index (κ3) is 5.39. The first-order chi connectivity index (χ1) is 19.3. The normalized spacial score (nSPS) is 12.8. The summed E-state index contributed by atoms with van der Waals surface area (Å²) in [5.74, 6) is 2.03. The highest BCUT2D eigenvalue weighted by atomic mass is 31.1. The quantitative estimate of drug-likeness (QED) is 0.193. The fraction of sp³-hybridized carbons (Fsp3) is 0.0556. The summed E-state index contributed by atoms with van der Waals surface area (Å²) in [6.45, 7) is 2.21. The molecule has 0 spiro atoms. The fourth-order valence-corrected chi connectivity index (χ4v) is 9.89. The molecule has 3 heteroatoms. The summed E-state index contributed by atoms with van der Waals surface area (Å²) in [5, 5.41) is 7.82. The summed E-state index contributed by atoms with van der Waals surface area (Å²) in [7, 11) is -1.56. The lowest BCUT2D eigenvalue weighted by atomic mass is 10.2. The molecule has 0 fully saturated rings. The van der Waals surface area contributed by atoms with Gasteiger partial charge in [0.2, 0.25) is 0 Å². The highest BCUT2D eigenvalue weighted by Gasteiger charge is 2.27. The van der Waals surface area contributed by atoms with Gasteiger partial charge in [-0.3, -0.25) is 0 Å². The molecule has 0 amide bonds. The lowest BCUT2D eigenvalue weighted by Gasteiger charge is -2.25. The second-order valence-electron chi connectivity index (χ2n) is 9.31. The van der Waals surface area contributed by atoms with Crippen LogP contribution in [0.4, 0.5) is 0 Å². The molecule has 0 aromatic heterocycles. The Labute approximate surface area is 234 Å². The molecule has 0 N–H and O–H groups in total. The summed E-state index contributed by atoms with van der Waals surface area (Å²) >= 11 is 0. The van der Waals surface area contributed by atoms with Crippen LogP contribution in [0.5, 0.6) is 5.75 Å². The Hall–Kier alpha value is -3.76. The van der Waals surface area contributed by atoms with E-state index in [-0.39, 0.29) is 0 Å². The van der Waals surface area contributed by atoms with Crippen LogP contribution in [0.15, 0.2) is 157 Å². The van der Waals surface area contributed by atoms with Crippen molar-refractivity contribution < 1.29 is 4.74 Å². The van der Waals surface area contributed by atoms with E-state index in [0.29, 0.717) is 0 Å². The third-order valence-corrected chi connectivity index (χ3v) is 11.8. The number of fused-ring (bicyclic) bond motifs is 1. The molecule has 5 aromatic rings. The number of benzene rings is 5. The number of hydrogen-bond acceptors (Lipinski definition) is 1. The van der Waals surface area contributed by atoms with Gasteiger partial charge in [0.15, 0.2) is 0 Å². The highest BCUT2D eigenvalue weighted by Crippen LogP contribution is 2.48. The van der Waals surface area contributed by atoms with Crippen molar-refractivity contribution in [2.24, 2.45) is 0 Å². The maximum Gasteiger partial charge on any atom is 0.142 e. The van der Waals surface area contributed by atoms with Crippen LogP contribution in [-0.4, -0.2) is 0 Å². The molecule has 1 aliphatic rings. The summed E-state index contributed by atoms with van der Waals surface area (Å²) < 4.78 is 7.05. The van der Waals surface area contributed by atoms with Gasteiger partial charge in [-0.25, -0.2) is 0 Å². The van der Waals surface area contributed by atoms with E-state index in [1.54, 1.807) is 0 Å². The molecule has 6 rings (SSSR count). The standard InChI is InChI=1S/C36H30OP2/c1-2-33-34(38(29-17-7-3-8-18-29)30-19-9-4-10-20-30)27-26-28-16-15-25-35(36(28)37-33)39(31-21-11-5-12-22-31)32-23-13-6-14-24-32/h3-27H,2H2,1H3. The van der Waals surface area contributed by atoms with Crippen molar-refractivity contribution in [2.75, 3.05) is 0 Å². The molecule has 0 unspecified atom stereocenters. The van der Waals surface area contributed by atoms with E-state index in [9.17, 15) is 0 Å². The van der Waals surface area contributed by atoms with Crippen LogP contribution < -0.4 is 31.3 Å². The maximum atomic E-state index is 7.05. The van der Waals surface area contributed by atoms with Gasteiger partial charge in [-0.1, -0.05) is 153 Å². The Morgan fingerprint density at radius 2 is 0.949 bits per heavy atom. The summed E-state index contributed by atoms with van der Waals surface area (Å²) in [4.78, 5) is 0. The Morgan fingerprint density at radius 3 is 1.41 bits per heavy atom. The Kier molecular flexibility index (Phi) is 7.83. The van der Waals surface area contributed by atoms with Gasteiger partial charge in [0.25, 0.3) is 0 Å². The largest absolute Gasteiger partial charge is 0.460 e. The van der Waals surface area contributed by atoms with Gasteiger partial charge in [0.1, 0.15) is 11.5 Å². The van der Waals surface area contributed by atoms with Gasteiger partial charge in [-0.05, 0) is 43.1 Å². The van der Waals surface area contributed by atoms with E-state index in [4.69, 9.17) is 4.74 Å². The second-order valence-corrected chi connectivity index (χ2v) is 13.7. The average Bonchev–Trinajstić information content (AvgIpc) is 3.20. The van der Waals surface area contributed by atoms with Crippen molar-refractivity contribution in [2.45, 2.75) is 13.3 Å². The predicted octanol–water partition coefficient (Wildman–Crippen LogP) is 7.60. The van der Waals surface area contributed by atoms with Gasteiger partial charge in [-0.2, -0.15) is 0 Å². The first kappa shape index (κ1) is 25.5. The minimum atomic E-state index is -0.790. The Balaban J connectivity index is 1.52.